The molecule has 2 rings (SSSR count). The number of anilines is 1. The van der Waals surface area contributed by atoms with Crippen molar-refractivity contribution in [1.82, 2.24) is 4.98 Å². The number of carbonyl (C=O) groups is 1. The standard InChI is InChI=1S/C10H7FN2O2/c11-8-2-1-3-9(12-8)13-10(14)7-4-5-15-6-7/h1-6H,(H,12,13,14). The maximum Gasteiger partial charge on any atom is 0.260 e. The van der Waals surface area contributed by atoms with Crippen LogP contribution in [-0.4, -0.2) is 10.9 Å². The normalized spacial score (nSPS) is 9.93. The third kappa shape index (κ3) is 2.19. The summed E-state index contributed by atoms with van der Waals surface area (Å²) in [6.07, 6.45) is 2.68. The molecular weight excluding hydrogens is 199 g/mol. The van der Waals surface area contributed by atoms with E-state index in [1.807, 2.05) is 0 Å². The Balaban J connectivity index is 2.13. The van der Waals surface area contributed by atoms with Crippen molar-refractivity contribution in [3.63, 3.8) is 0 Å². The Morgan fingerprint density at radius 1 is 1.40 bits per heavy atom. The summed E-state index contributed by atoms with van der Waals surface area (Å²) < 4.78 is 17.4. The fraction of sp³-hybridized carbons (Fsp3) is 0. The molecule has 0 aliphatic carbocycles. The van der Waals surface area contributed by atoms with Crippen LogP contribution in [0.1, 0.15) is 10.4 Å². The van der Waals surface area contributed by atoms with Crippen LogP contribution in [-0.2, 0) is 0 Å². The molecule has 1 amide bonds. The first kappa shape index (κ1) is 9.39. The van der Waals surface area contributed by atoms with Gasteiger partial charge in [-0.1, -0.05) is 6.07 Å². The lowest BCUT2D eigenvalue weighted by Gasteiger charge is -2.01. The molecule has 0 saturated heterocycles. The molecule has 2 aromatic rings. The number of nitrogens with one attached hydrogen (secondary N) is 1. The van der Waals surface area contributed by atoms with Gasteiger partial charge in [-0.3, -0.25) is 4.79 Å². The van der Waals surface area contributed by atoms with Crippen molar-refractivity contribution in [1.29, 1.82) is 0 Å². The summed E-state index contributed by atoms with van der Waals surface area (Å²) >= 11 is 0. The summed E-state index contributed by atoms with van der Waals surface area (Å²) in [5.41, 5.74) is 0.362. The molecule has 2 heterocycles. The molecule has 0 spiro atoms. The Morgan fingerprint density at radius 3 is 2.93 bits per heavy atom. The predicted molar refractivity (Wildman–Crippen MR) is 50.9 cm³/mol. The average Bonchev–Trinajstić information content (AvgIpc) is 2.70. The Labute approximate surface area is 84.7 Å². The van der Waals surface area contributed by atoms with Crippen molar-refractivity contribution in [3.05, 3.63) is 48.3 Å². The second-order valence-electron chi connectivity index (χ2n) is 2.81. The predicted octanol–water partition coefficient (Wildman–Crippen LogP) is 2.07. The summed E-state index contributed by atoms with van der Waals surface area (Å²) in [5, 5.41) is 2.44. The average molecular weight is 206 g/mol. The van der Waals surface area contributed by atoms with Gasteiger partial charge in [-0.05, 0) is 18.2 Å². The number of amides is 1. The SMILES string of the molecule is O=C(Nc1cccc(F)n1)c1ccoc1. The van der Waals surface area contributed by atoms with E-state index in [0.717, 1.165) is 0 Å². The number of rotatable bonds is 2. The van der Waals surface area contributed by atoms with Crippen LogP contribution in [0.25, 0.3) is 0 Å². The van der Waals surface area contributed by atoms with E-state index in [1.165, 1.54) is 36.8 Å². The van der Waals surface area contributed by atoms with E-state index in [1.54, 1.807) is 0 Å². The van der Waals surface area contributed by atoms with Gasteiger partial charge < -0.3 is 9.73 Å². The largest absolute Gasteiger partial charge is 0.472 e. The first-order chi connectivity index (χ1) is 7.25. The van der Waals surface area contributed by atoms with Crippen LogP contribution in [0.5, 0.6) is 0 Å². The Hall–Kier alpha value is -2.17. The number of halogens is 1. The van der Waals surface area contributed by atoms with Crippen LogP contribution in [0.3, 0.4) is 0 Å². The van der Waals surface area contributed by atoms with Gasteiger partial charge >= 0.3 is 0 Å². The Kier molecular flexibility index (Phi) is 2.45. The first-order valence-electron chi connectivity index (χ1n) is 4.22. The summed E-state index contributed by atoms with van der Waals surface area (Å²) in [7, 11) is 0. The zero-order valence-electron chi connectivity index (χ0n) is 7.61. The van der Waals surface area contributed by atoms with Gasteiger partial charge in [0.25, 0.3) is 5.91 Å². The number of furan rings is 1. The second-order valence-corrected chi connectivity index (χ2v) is 2.81. The highest BCUT2D eigenvalue weighted by molar-refractivity contribution is 6.03. The van der Waals surface area contributed by atoms with Gasteiger partial charge in [0.2, 0.25) is 5.95 Å². The van der Waals surface area contributed by atoms with Gasteiger partial charge in [0.05, 0.1) is 11.8 Å². The van der Waals surface area contributed by atoms with Crippen molar-refractivity contribution < 1.29 is 13.6 Å². The molecule has 4 nitrogen and oxygen atoms in total. The number of hydrogen-bond donors (Lipinski definition) is 1. The van der Waals surface area contributed by atoms with Crippen LogP contribution >= 0.6 is 0 Å². The van der Waals surface area contributed by atoms with E-state index in [9.17, 15) is 9.18 Å². The van der Waals surface area contributed by atoms with Crippen molar-refractivity contribution in [2.45, 2.75) is 0 Å². The van der Waals surface area contributed by atoms with E-state index in [0.29, 0.717) is 5.56 Å². The van der Waals surface area contributed by atoms with Crippen molar-refractivity contribution in [2.24, 2.45) is 0 Å². The fourth-order valence-electron chi connectivity index (χ4n) is 1.06. The minimum absolute atomic E-state index is 0.168. The van der Waals surface area contributed by atoms with Crippen molar-refractivity contribution >= 4 is 11.7 Å². The van der Waals surface area contributed by atoms with Gasteiger partial charge in [-0.25, -0.2) is 4.98 Å². The van der Waals surface area contributed by atoms with E-state index < -0.39 is 5.95 Å². The third-order valence-corrected chi connectivity index (χ3v) is 1.74. The summed E-state index contributed by atoms with van der Waals surface area (Å²) in [5.74, 6) is -0.858. The minimum Gasteiger partial charge on any atom is -0.472 e. The lowest BCUT2D eigenvalue weighted by molar-refractivity contribution is 0.102. The van der Waals surface area contributed by atoms with E-state index >= 15 is 0 Å². The summed E-state index contributed by atoms with van der Waals surface area (Å²) in [6.45, 7) is 0. The molecule has 0 radical (unpaired) electrons. The highest BCUT2D eigenvalue weighted by atomic mass is 19.1. The quantitative estimate of drug-likeness (QED) is 0.765. The van der Waals surface area contributed by atoms with Gasteiger partial charge in [0, 0.05) is 0 Å². The van der Waals surface area contributed by atoms with E-state index in [-0.39, 0.29) is 11.7 Å². The van der Waals surface area contributed by atoms with E-state index in [4.69, 9.17) is 4.42 Å². The van der Waals surface area contributed by atoms with Gasteiger partial charge in [-0.15, -0.1) is 0 Å². The first-order valence-corrected chi connectivity index (χ1v) is 4.22. The molecule has 0 bridgehead atoms. The van der Waals surface area contributed by atoms with Gasteiger partial charge in [0.1, 0.15) is 12.1 Å². The fourth-order valence-corrected chi connectivity index (χ4v) is 1.06. The number of pyridine rings is 1. The summed E-state index contributed by atoms with van der Waals surface area (Å²) in [4.78, 5) is 14.9. The molecule has 0 aliphatic heterocycles. The molecule has 0 aliphatic rings. The zero-order valence-corrected chi connectivity index (χ0v) is 7.61. The van der Waals surface area contributed by atoms with Crippen LogP contribution in [0.4, 0.5) is 10.2 Å². The molecule has 76 valence electrons. The molecule has 0 aromatic carbocycles. The number of carbonyl (C=O) groups excluding carboxylic acids is 1. The Bertz CT molecular complexity index is 468. The second kappa shape index (κ2) is 3.91. The van der Waals surface area contributed by atoms with Crippen LogP contribution in [0.15, 0.2) is 41.2 Å². The highest BCUT2D eigenvalue weighted by Gasteiger charge is 2.07. The zero-order chi connectivity index (χ0) is 10.7. The van der Waals surface area contributed by atoms with Crippen LogP contribution < -0.4 is 5.32 Å². The molecule has 0 fully saturated rings. The van der Waals surface area contributed by atoms with E-state index in [2.05, 4.69) is 10.3 Å². The van der Waals surface area contributed by atoms with Gasteiger partial charge in [0.15, 0.2) is 0 Å². The number of aromatic nitrogens is 1. The molecule has 1 N–H and O–H groups in total. The lowest BCUT2D eigenvalue weighted by Crippen LogP contribution is -2.12. The molecule has 2 aromatic heterocycles. The Morgan fingerprint density at radius 2 is 2.27 bits per heavy atom. The van der Waals surface area contributed by atoms with Crippen LogP contribution in [0, 0.1) is 5.95 Å². The third-order valence-electron chi connectivity index (χ3n) is 1.74. The minimum atomic E-state index is -0.639. The van der Waals surface area contributed by atoms with Gasteiger partial charge in [-0.2, -0.15) is 4.39 Å². The molecule has 0 unspecified atom stereocenters. The lowest BCUT2D eigenvalue weighted by atomic mass is 10.3. The van der Waals surface area contributed by atoms with Crippen molar-refractivity contribution in [3.8, 4) is 0 Å². The topological polar surface area (TPSA) is 55.1 Å². The monoisotopic (exact) mass is 206 g/mol. The molecule has 5 heteroatoms. The molecular formula is C10H7FN2O2. The maximum atomic E-state index is 12.7. The number of hydrogen-bond acceptors (Lipinski definition) is 3. The summed E-state index contributed by atoms with van der Waals surface area (Å²) in [6, 6.07) is 5.68. The highest BCUT2D eigenvalue weighted by Crippen LogP contribution is 2.07. The van der Waals surface area contributed by atoms with Crippen molar-refractivity contribution in [2.75, 3.05) is 5.32 Å². The number of nitrogens with zero attached hydrogens (tertiary/aromatic N) is 1. The smallest absolute Gasteiger partial charge is 0.260 e. The molecule has 0 atom stereocenters. The molecule has 15 heavy (non-hydrogen) atoms. The van der Waals surface area contributed by atoms with Crippen LogP contribution in [0.2, 0.25) is 0 Å². The molecule has 0 saturated carbocycles. The maximum absolute atomic E-state index is 12.7.